The molecule has 0 aliphatic carbocycles. The SMILES string of the molecule is CCc1ccsc1CNC1=NCC(CC(C)C)S1. The lowest BCUT2D eigenvalue weighted by molar-refractivity contribution is 0.575. The molecule has 0 fully saturated rings. The lowest BCUT2D eigenvalue weighted by atomic mass is 10.1. The van der Waals surface area contributed by atoms with Crippen LogP contribution in [0.1, 0.15) is 37.6 Å². The molecule has 4 heteroatoms. The van der Waals surface area contributed by atoms with Crippen LogP contribution in [0.2, 0.25) is 0 Å². The molecule has 0 bridgehead atoms. The van der Waals surface area contributed by atoms with Crippen LogP contribution in [-0.4, -0.2) is 17.0 Å². The largest absolute Gasteiger partial charge is 0.360 e. The highest BCUT2D eigenvalue weighted by atomic mass is 32.2. The van der Waals surface area contributed by atoms with Crippen LogP contribution in [0.3, 0.4) is 0 Å². The molecule has 0 saturated carbocycles. The van der Waals surface area contributed by atoms with Crippen molar-refractivity contribution >= 4 is 28.3 Å². The van der Waals surface area contributed by atoms with Crippen molar-refractivity contribution < 1.29 is 0 Å². The maximum atomic E-state index is 4.60. The topological polar surface area (TPSA) is 24.4 Å². The monoisotopic (exact) mass is 282 g/mol. The Kier molecular flexibility index (Phi) is 5.13. The zero-order chi connectivity index (χ0) is 13.0. The molecule has 0 aromatic carbocycles. The van der Waals surface area contributed by atoms with E-state index in [-0.39, 0.29) is 0 Å². The van der Waals surface area contributed by atoms with E-state index in [9.17, 15) is 0 Å². The normalized spacial score (nSPS) is 19.3. The van der Waals surface area contributed by atoms with Crippen LogP contribution >= 0.6 is 23.1 Å². The van der Waals surface area contributed by atoms with Crippen molar-refractivity contribution in [2.45, 2.75) is 45.4 Å². The van der Waals surface area contributed by atoms with Gasteiger partial charge in [-0.2, -0.15) is 0 Å². The quantitative estimate of drug-likeness (QED) is 0.885. The van der Waals surface area contributed by atoms with Crippen LogP contribution in [0.4, 0.5) is 0 Å². The van der Waals surface area contributed by atoms with E-state index in [4.69, 9.17) is 0 Å². The Morgan fingerprint density at radius 1 is 1.50 bits per heavy atom. The second-order valence-electron chi connectivity index (χ2n) is 5.09. The van der Waals surface area contributed by atoms with Gasteiger partial charge < -0.3 is 5.32 Å². The lowest BCUT2D eigenvalue weighted by Gasteiger charge is -2.11. The number of thiophene rings is 1. The first-order chi connectivity index (χ1) is 8.69. The number of hydrogen-bond acceptors (Lipinski definition) is 4. The van der Waals surface area contributed by atoms with Gasteiger partial charge in [0.25, 0.3) is 0 Å². The predicted molar refractivity (Wildman–Crippen MR) is 83.7 cm³/mol. The molecule has 1 aliphatic heterocycles. The van der Waals surface area contributed by atoms with Crippen molar-refractivity contribution in [2.24, 2.45) is 10.9 Å². The van der Waals surface area contributed by atoms with Gasteiger partial charge in [-0.05, 0) is 35.8 Å². The van der Waals surface area contributed by atoms with Gasteiger partial charge in [-0.25, -0.2) is 0 Å². The number of aryl methyl sites for hydroxylation is 1. The Bertz CT molecular complexity index is 410. The lowest BCUT2D eigenvalue weighted by Crippen LogP contribution is -2.19. The summed E-state index contributed by atoms with van der Waals surface area (Å²) in [6.07, 6.45) is 2.38. The van der Waals surface area contributed by atoms with E-state index in [1.54, 1.807) is 0 Å². The van der Waals surface area contributed by atoms with Gasteiger partial charge >= 0.3 is 0 Å². The van der Waals surface area contributed by atoms with E-state index >= 15 is 0 Å². The first kappa shape index (κ1) is 13.9. The van der Waals surface area contributed by atoms with Crippen LogP contribution in [0.5, 0.6) is 0 Å². The summed E-state index contributed by atoms with van der Waals surface area (Å²) in [5, 5.41) is 7.48. The van der Waals surface area contributed by atoms with Gasteiger partial charge in [-0.15, -0.1) is 11.3 Å². The fourth-order valence-corrected chi connectivity index (χ4v) is 4.32. The highest BCUT2D eigenvalue weighted by molar-refractivity contribution is 8.14. The maximum Gasteiger partial charge on any atom is 0.157 e. The maximum absolute atomic E-state index is 4.60. The Hall–Kier alpha value is -0.480. The molecule has 1 aromatic rings. The molecule has 2 heterocycles. The van der Waals surface area contributed by atoms with Crippen LogP contribution in [0.15, 0.2) is 16.4 Å². The summed E-state index contributed by atoms with van der Waals surface area (Å²) in [5.41, 5.74) is 1.47. The van der Waals surface area contributed by atoms with Crippen LogP contribution in [-0.2, 0) is 13.0 Å². The molecule has 1 unspecified atom stereocenters. The molecule has 0 radical (unpaired) electrons. The molecule has 0 spiro atoms. The Morgan fingerprint density at radius 2 is 2.33 bits per heavy atom. The third-order valence-corrected chi connectivity index (χ3v) is 5.20. The molecular weight excluding hydrogens is 260 g/mol. The van der Waals surface area contributed by atoms with Crippen molar-refractivity contribution in [1.82, 2.24) is 5.32 Å². The molecule has 1 atom stereocenters. The van der Waals surface area contributed by atoms with Gasteiger partial charge in [0.1, 0.15) is 0 Å². The predicted octanol–water partition coefficient (Wildman–Crippen LogP) is 3.92. The smallest absolute Gasteiger partial charge is 0.157 e. The van der Waals surface area contributed by atoms with E-state index in [1.807, 2.05) is 23.1 Å². The van der Waals surface area contributed by atoms with Gasteiger partial charge in [0.05, 0.1) is 13.1 Å². The molecule has 2 nitrogen and oxygen atoms in total. The molecule has 1 aliphatic rings. The summed E-state index contributed by atoms with van der Waals surface area (Å²) >= 11 is 3.76. The first-order valence-corrected chi connectivity index (χ1v) is 8.45. The van der Waals surface area contributed by atoms with Crippen molar-refractivity contribution in [3.8, 4) is 0 Å². The second kappa shape index (κ2) is 6.62. The number of aliphatic imine (C=N–C) groups is 1. The van der Waals surface area contributed by atoms with Crippen molar-refractivity contribution in [2.75, 3.05) is 6.54 Å². The van der Waals surface area contributed by atoms with E-state index in [2.05, 4.69) is 42.5 Å². The zero-order valence-electron chi connectivity index (χ0n) is 11.4. The summed E-state index contributed by atoms with van der Waals surface area (Å²) in [4.78, 5) is 6.05. The summed E-state index contributed by atoms with van der Waals surface area (Å²) in [6, 6.07) is 2.23. The van der Waals surface area contributed by atoms with E-state index < -0.39 is 0 Å². The minimum Gasteiger partial charge on any atom is -0.360 e. The fourth-order valence-electron chi connectivity index (χ4n) is 2.16. The number of amidine groups is 1. The highest BCUT2D eigenvalue weighted by Crippen LogP contribution is 2.26. The number of hydrogen-bond donors (Lipinski definition) is 1. The minimum absolute atomic E-state index is 0.682. The average Bonchev–Trinajstić information content (AvgIpc) is 2.93. The molecular formula is C14H22N2S2. The van der Waals surface area contributed by atoms with E-state index in [1.165, 1.54) is 16.9 Å². The molecule has 1 N–H and O–H groups in total. The van der Waals surface area contributed by atoms with Crippen LogP contribution in [0, 0.1) is 5.92 Å². The number of rotatable bonds is 5. The number of thioether (sulfide) groups is 1. The standard InChI is InChI=1S/C14H22N2S2/c1-4-11-5-6-17-13(11)9-16-14-15-8-12(18-14)7-10(2)3/h5-6,10,12H,4,7-9H2,1-3H3,(H,15,16). The molecule has 18 heavy (non-hydrogen) atoms. The van der Waals surface area contributed by atoms with Crippen LogP contribution < -0.4 is 5.32 Å². The third-order valence-electron chi connectivity index (χ3n) is 3.07. The number of nitrogens with zero attached hydrogens (tertiary/aromatic N) is 1. The molecule has 1 aromatic heterocycles. The first-order valence-electron chi connectivity index (χ1n) is 6.69. The Balaban J connectivity index is 1.78. The van der Waals surface area contributed by atoms with E-state index in [0.717, 1.165) is 30.6 Å². The highest BCUT2D eigenvalue weighted by Gasteiger charge is 2.20. The zero-order valence-corrected chi connectivity index (χ0v) is 13.0. The van der Waals surface area contributed by atoms with Gasteiger partial charge in [-0.1, -0.05) is 32.5 Å². The second-order valence-corrected chi connectivity index (χ2v) is 7.38. The Morgan fingerprint density at radius 3 is 3.06 bits per heavy atom. The molecule has 2 rings (SSSR count). The van der Waals surface area contributed by atoms with E-state index in [0.29, 0.717) is 5.25 Å². The summed E-state index contributed by atoms with van der Waals surface area (Å²) in [6.45, 7) is 8.69. The van der Waals surface area contributed by atoms with Gasteiger partial charge in [-0.3, -0.25) is 4.99 Å². The van der Waals surface area contributed by atoms with Crippen molar-refractivity contribution in [3.05, 3.63) is 21.9 Å². The fraction of sp³-hybridized carbons (Fsp3) is 0.643. The summed E-state index contributed by atoms with van der Waals surface area (Å²) in [5.74, 6) is 0.765. The van der Waals surface area contributed by atoms with Crippen molar-refractivity contribution in [3.63, 3.8) is 0 Å². The Labute approximate surface area is 118 Å². The van der Waals surface area contributed by atoms with Gasteiger partial charge in [0, 0.05) is 10.1 Å². The third kappa shape index (κ3) is 3.75. The molecule has 100 valence electrons. The summed E-state index contributed by atoms with van der Waals surface area (Å²) in [7, 11) is 0. The van der Waals surface area contributed by atoms with Crippen molar-refractivity contribution in [1.29, 1.82) is 0 Å². The van der Waals surface area contributed by atoms with Crippen LogP contribution in [0.25, 0.3) is 0 Å². The van der Waals surface area contributed by atoms with Gasteiger partial charge in [0.15, 0.2) is 5.17 Å². The minimum atomic E-state index is 0.682. The molecule has 0 amide bonds. The summed E-state index contributed by atoms with van der Waals surface area (Å²) < 4.78 is 0. The number of nitrogens with one attached hydrogen (secondary N) is 1. The molecule has 0 saturated heterocycles. The van der Waals surface area contributed by atoms with Gasteiger partial charge in [0.2, 0.25) is 0 Å². The average molecular weight is 282 g/mol.